The highest BCUT2D eigenvalue weighted by Crippen LogP contribution is 2.51. The zero-order valence-electron chi connectivity index (χ0n) is 10.1. The van der Waals surface area contributed by atoms with E-state index in [1.807, 2.05) is 6.92 Å². The molecular formula is C13H18O3. The van der Waals surface area contributed by atoms with Gasteiger partial charge in [-0.05, 0) is 31.8 Å². The van der Waals surface area contributed by atoms with Crippen molar-refractivity contribution < 1.29 is 14.3 Å². The van der Waals surface area contributed by atoms with Crippen LogP contribution >= 0.6 is 0 Å². The Bertz CT molecular complexity index is 381. The summed E-state index contributed by atoms with van der Waals surface area (Å²) in [7, 11) is 0. The molecule has 1 fully saturated rings. The Morgan fingerprint density at radius 1 is 1.44 bits per heavy atom. The normalized spacial score (nSPS) is 33.9. The second-order valence-corrected chi connectivity index (χ2v) is 5.08. The molecule has 2 aliphatic rings. The van der Waals surface area contributed by atoms with Crippen LogP contribution in [0.25, 0.3) is 0 Å². The predicted octanol–water partition coefficient (Wildman–Crippen LogP) is 2.40. The van der Waals surface area contributed by atoms with Gasteiger partial charge in [0.2, 0.25) is 0 Å². The number of hydrogen-bond donors (Lipinski definition) is 0. The molecule has 2 aliphatic carbocycles. The van der Waals surface area contributed by atoms with Gasteiger partial charge in [0.15, 0.2) is 5.78 Å². The highest BCUT2D eigenvalue weighted by atomic mass is 16.5. The number of ketones is 1. The van der Waals surface area contributed by atoms with Gasteiger partial charge in [0, 0.05) is 18.8 Å². The van der Waals surface area contributed by atoms with Crippen LogP contribution in [0.2, 0.25) is 0 Å². The number of hydrogen-bond acceptors (Lipinski definition) is 3. The molecular weight excluding hydrogens is 204 g/mol. The van der Waals surface area contributed by atoms with Crippen molar-refractivity contribution in [3.8, 4) is 0 Å². The van der Waals surface area contributed by atoms with Crippen molar-refractivity contribution in [3.05, 3.63) is 11.1 Å². The van der Waals surface area contributed by atoms with Gasteiger partial charge in [-0.1, -0.05) is 12.5 Å². The fourth-order valence-corrected chi connectivity index (χ4v) is 3.12. The van der Waals surface area contributed by atoms with Crippen LogP contribution in [0, 0.1) is 5.41 Å². The number of carbonyl (C=O) groups is 2. The summed E-state index contributed by atoms with van der Waals surface area (Å²) in [5.74, 6) is 0.0398. The molecule has 16 heavy (non-hydrogen) atoms. The first kappa shape index (κ1) is 11.4. The van der Waals surface area contributed by atoms with Gasteiger partial charge < -0.3 is 4.74 Å². The minimum Gasteiger partial charge on any atom is -0.462 e. The maximum atomic E-state index is 11.6. The van der Waals surface area contributed by atoms with Gasteiger partial charge in [0.25, 0.3) is 0 Å². The summed E-state index contributed by atoms with van der Waals surface area (Å²) in [5.41, 5.74) is 2.03. The topological polar surface area (TPSA) is 43.4 Å². The number of rotatable bonds is 1. The molecule has 3 nitrogen and oxygen atoms in total. The molecule has 0 amide bonds. The minimum absolute atomic E-state index is 0.0388. The Hall–Kier alpha value is -1.12. The van der Waals surface area contributed by atoms with E-state index in [4.69, 9.17) is 4.74 Å². The van der Waals surface area contributed by atoms with Crippen LogP contribution in [-0.4, -0.2) is 17.9 Å². The van der Waals surface area contributed by atoms with E-state index in [0.29, 0.717) is 6.42 Å². The van der Waals surface area contributed by atoms with Gasteiger partial charge in [-0.25, -0.2) is 0 Å². The van der Waals surface area contributed by atoms with Crippen LogP contribution < -0.4 is 0 Å². The van der Waals surface area contributed by atoms with Crippen molar-refractivity contribution in [1.29, 1.82) is 0 Å². The number of carbonyl (C=O) groups excluding carboxylic acids is 2. The molecule has 0 radical (unpaired) electrons. The van der Waals surface area contributed by atoms with E-state index in [0.717, 1.165) is 24.8 Å². The fourth-order valence-electron chi connectivity index (χ4n) is 3.12. The highest BCUT2D eigenvalue weighted by Gasteiger charge is 2.48. The first-order valence-corrected chi connectivity index (χ1v) is 5.86. The Balaban J connectivity index is 2.33. The Morgan fingerprint density at radius 3 is 2.75 bits per heavy atom. The summed E-state index contributed by atoms with van der Waals surface area (Å²) in [6.45, 7) is 5.48. The summed E-state index contributed by atoms with van der Waals surface area (Å²) in [6, 6.07) is 0. The number of esters is 1. The van der Waals surface area contributed by atoms with Crippen LogP contribution in [0.15, 0.2) is 11.1 Å². The van der Waals surface area contributed by atoms with Gasteiger partial charge >= 0.3 is 5.97 Å². The number of allylic oxidation sites excluding steroid dienone is 1. The van der Waals surface area contributed by atoms with Gasteiger partial charge in [0.1, 0.15) is 6.10 Å². The highest BCUT2D eigenvalue weighted by molar-refractivity contribution is 5.97. The molecule has 3 heteroatoms. The van der Waals surface area contributed by atoms with Crippen LogP contribution in [0.5, 0.6) is 0 Å². The number of ether oxygens (including phenoxy) is 1. The average Bonchev–Trinajstić information content (AvgIpc) is 2.51. The maximum Gasteiger partial charge on any atom is 0.302 e. The standard InChI is InChI=1S/C13H18O3/c1-8-10-4-5-12(16-9(2)14)13(10,3)7-6-11(8)15/h12H,4-7H2,1-3H3/t12-,13+/m0/s1. The third-order valence-corrected chi connectivity index (χ3v) is 4.11. The van der Waals surface area contributed by atoms with E-state index >= 15 is 0 Å². The lowest BCUT2D eigenvalue weighted by Gasteiger charge is -2.36. The largest absolute Gasteiger partial charge is 0.462 e. The molecule has 0 unspecified atom stereocenters. The van der Waals surface area contributed by atoms with Crippen LogP contribution in [0.3, 0.4) is 0 Å². The van der Waals surface area contributed by atoms with E-state index < -0.39 is 0 Å². The minimum atomic E-state index is -0.220. The van der Waals surface area contributed by atoms with Crippen LogP contribution in [0.1, 0.15) is 46.5 Å². The summed E-state index contributed by atoms with van der Waals surface area (Å²) < 4.78 is 5.38. The Labute approximate surface area is 95.9 Å². The zero-order valence-corrected chi connectivity index (χ0v) is 10.1. The SMILES string of the molecule is CC(=O)O[C@H]1CCC2=C(C)C(=O)CC[C@]21C. The van der Waals surface area contributed by atoms with Crippen molar-refractivity contribution in [3.63, 3.8) is 0 Å². The third-order valence-electron chi connectivity index (χ3n) is 4.11. The van der Waals surface area contributed by atoms with E-state index in [-0.39, 0.29) is 23.3 Å². The smallest absolute Gasteiger partial charge is 0.302 e. The third kappa shape index (κ3) is 1.58. The predicted molar refractivity (Wildman–Crippen MR) is 59.8 cm³/mol. The Morgan fingerprint density at radius 2 is 2.12 bits per heavy atom. The van der Waals surface area contributed by atoms with Gasteiger partial charge in [0.05, 0.1) is 0 Å². The number of fused-ring (bicyclic) bond motifs is 1. The fraction of sp³-hybridized carbons (Fsp3) is 0.692. The second-order valence-electron chi connectivity index (χ2n) is 5.08. The van der Waals surface area contributed by atoms with Gasteiger partial charge in [-0.3, -0.25) is 9.59 Å². The monoisotopic (exact) mass is 222 g/mol. The molecule has 0 aliphatic heterocycles. The maximum absolute atomic E-state index is 11.6. The molecule has 0 N–H and O–H groups in total. The molecule has 0 spiro atoms. The summed E-state index contributed by atoms with van der Waals surface area (Å²) >= 11 is 0. The number of Topliss-reactive ketones (excluding diaryl/α,β-unsaturated/α-hetero) is 1. The summed E-state index contributed by atoms with van der Waals surface area (Å²) in [5, 5.41) is 0. The van der Waals surface area contributed by atoms with E-state index in [1.54, 1.807) is 0 Å². The quantitative estimate of drug-likeness (QED) is 0.640. The molecule has 0 bridgehead atoms. The molecule has 1 saturated carbocycles. The first-order valence-electron chi connectivity index (χ1n) is 5.86. The lowest BCUT2D eigenvalue weighted by molar-refractivity contribution is -0.150. The van der Waals surface area contributed by atoms with E-state index in [2.05, 4.69) is 6.92 Å². The van der Waals surface area contributed by atoms with Gasteiger partial charge in [-0.2, -0.15) is 0 Å². The van der Waals surface area contributed by atoms with Crippen molar-refractivity contribution >= 4 is 11.8 Å². The molecule has 0 heterocycles. The molecule has 0 aromatic heterocycles. The lowest BCUT2D eigenvalue weighted by Crippen LogP contribution is -2.35. The zero-order chi connectivity index (χ0) is 11.9. The molecule has 0 aromatic rings. The van der Waals surface area contributed by atoms with E-state index in [1.165, 1.54) is 12.5 Å². The molecule has 0 aromatic carbocycles. The van der Waals surface area contributed by atoms with Crippen molar-refractivity contribution in [1.82, 2.24) is 0 Å². The molecule has 2 rings (SSSR count). The summed E-state index contributed by atoms with van der Waals surface area (Å²) in [6.07, 6.45) is 3.12. The van der Waals surface area contributed by atoms with Crippen molar-refractivity contribution in [2.75, 3.05) is 0 Å². The average molecular weight is 222 g/mol. The van der Waals surface area contributed by atoms with Crippen molar-refractivity contribution in [2.45, 2.75) is 52.6 Å². The van der Waals surface area contributed by atoms with Crippen LogP contribution in [-0.2, 0) is 14.3 Å². The van der Waals surface area contributed by atoms with Crippen molar-refractivity contribution in [2.24, 2.45) is 5.41 Å². The molecule has 88 valence electrons. The lowest BCUT2D eigenvalue weighted by atomic mass is 9.71. The Kier molecular flexibility index (Phi) is 2.64. The first-order chi connectivity index (χ1) is 7.45. The molecule has 0 saturated heterocycles. The second kappa shape index (κ2) is 3.72. The molecule has 2 atom stereocenters. The van der Waals surface area contributed by atoms with Crippen LogP contribution in [0.4, 0.5) is 0 Å². The van der Waals surface area contributed by atoms with E-state index in [9.17, 15) is 9.59 Å². The summed E-state index contributed by atoms with van der Waals surface area (Å²) in [4.78, 5) is 22.7. The van der Waals surface area contributed by atoms with Gasteiger partial charge in [-0.15, -0.1) is 0 Å².